The molecule has 0 amide bonds. The van der Waals surface area contributed by atoms with Crippen molar-refractivity contribution in [1.29, 1.82) is 0 Å². The van der Waals surface area contributed by atoms with Crippen LogP contribution >= 0.6 is 0 Å². The predicted octanol–water partition coefficient (Wildman–Crippen LogP) is 6.50. The van der Waals surface area contributed by atoms with Crippen LogP contribution in [0.15, 0.2) is 0 Å². The van der Waals surface area contributed by atoms with Crippen LogP contribution in [0.1, 0.15) is 106 Å². The molecule has 2 aliphatic carbocycles. The van der Waals surface area contributed by atoms with E-state index in [1.807, 2.05) is 41.5 Å². The van der Waals surface area contributed by atoms with Crippen molar-refractivity contribution in [3.63, 3.8) is 0 Å². The third-order valence-corrected chi connectivity index (χ3v) is 6.81. The Morgan fingerprint density at radius 1 is 0.581 bits per heavy atom. The molecule has 0 unspecified atom stereocenters. The molecular formula is C22H38O9. The average Bonchev–Trinajstić information content (AvgIpc) is 2.67. The fraction of sp³-hybridized carbons (Fsp3) is 0.909. The highest BCUT2D eigenvalue weighted by atomic mass is 17.5. The van der Waals surface area contributed by atoms with E-state index in [4.69, 9.17) is 9.78 Å². The van der Waals surface area contributed by atoms with Gasteiger partial charge in [0.25, 0.3) is 0 Å². The lowest BCUT2D eigenvalue weighted by atomic mass is 9.68. The van der Waals surface area contributed by atoms with E-state index in [0.717, 1.165) is 64.2 Å². The molecular weight excluding hydrogens is 408 g/mol. The van der Waals surface area contributed by atoms with E-state index in [9.17, 15) is 9.59 Å². The van der Waals surface area contributed by atoms with Crippen molar-refractivity contribution >= 4 is 12.3 Å². The van der Waals surface area contributed by atoms with Gasteiger partial charge in [-0.3, -0.25) is 0 Å². The van der Waals surface area contributed by atoms with Crippen LogP contribution < -0.4 is 0 Å². The van der Waals surface area contributed by atoms with Gasteiger partial charge in [-0.15, -0.1) is 0 Å². The number of carbonyl (C=O) groups is 2. The van der Waals surface area contributed by atoms with Gasteiger partial charge in [-0.05, 0) is 46.6 Å². The molecule has 2 fully saturated rings. The summed E-state index contributed by atoms with van der Waals surface area (Å²) < 4.78 is 4.33. The quantitative estimate of drug-likeness (QED) is 0.196. The molecule has 2 aliphatic rings. The first-order chi connectivity index (χ1) is 14.4. The van der Waals surface area contributed by atoms with Crippen molar-refractivity contribution in [2.24, 2.45) is 10.8 Å². The molecule has 2 rings (SSSR count). The number of ether oxygens (including phenoxy) is 1. The third kappa shape index (κ3) is 6.78. The van der Waals surface area contributed by atoms with Gasteiger partial charge in [-0.2, -0.15) is 19.4 Å². The van der Waals surface area contributed by atoms with Crippen LogP contribution in [-0.2, 0) is 34.4 Å². The van der Waals surface area contributed by atoms with Crippen LogP contribution in [0.25, 0.3) is 0 Å². The molecule has 0 heterocycles. The summed E-state index contributed by atoms with van der Waals surface area (Å²) in [5.74, 6) is 0. The molecule has 0 aromatic carbocycles. The average molecular weight is 447 g/mol. The lowest BCUT2D eigenvalue weighted by Crippen LogP contribution is -2.47. The van der Waals surface area contributed by atoms with Crippen molar-refractivity contribution in [1.82, 2.24) is 0 Å². The summed E-state index contributed by atoms with van der Waals surface area (Å²) in [6, 6.07) is 0. The molecule has 0 aromatic heterocycles. The third-order valence-electron chi connectivity index (χ3n) is 6.81. The highest BCUT2D eigenvalue weighted by molar-refractivity contribution is 5.76. The minimum absolute atomic E-state index is 0.229. The van der Waals surface area contributed by atoms with Gasteiger partial charge in [0.1, 0.15) is 11.2 Å². The Morgan fingerprint density at radius 3 is 1.19 bits per heavy atom. The van der Waals surface area contributed by atoms with E-state index >= 15 is 0 Å². The van der Waals surface area contributed by atoms with E-state index in [2.05, 4.69) is 24.6 Å². The topological polar surface area (TPSA) is 98.8 Å². The molecule has 0 radical (unpaired) electrons. The van der Waals surface area contributed by atoms with E-state index in [0.29, 0.717) is 0 Å². The Kier molecular flexibility index (Phi) is 8.72. The lowest BCUT2D eigenvalue weighted by molar-refractivity contribution is -0.538. The van der Waals surface area contributed by atoms with Crippen molar-refractivity contribution in [2.75, 3.05) is 0 Å². The summed E-state index contributed by atoms with van der Waals surface area (Å²) in [5.41, 5.74) is -1.64. The van der Waals surface area contributed by atoms with Gasteiger partial charge >= 0.3 is 12.3 Å². The van der Waals surface area contributed by atoms with Crippen LogP contribution in [0.3, 0.4) is 0 Å². The maximum atomic E-state index is 11.7. The number of carbonyl (C=O) groups excluding carboxylic acids is 2. The van der Waals surface area contributed by atoms with Crippen LogP contribution in [0.5, 0.6) is 0 Å². The number of rotatable bonds is 6. The first-order valence-electron chi connectivity index (χ1n) is 11.2. The Morgan fingerprint density at radius 2 is 0.903 bits per heavy atom. The molecule has 0 N–H and O–H groups in total. The van der Waals surface area contributed by atoms with Crippen molar-refractivity contribution in [2.45, 2.75) is 117 Å². The molecule has 0 aromatic rings. The molecule has 2 saturated carbocycles. The smallest absolute Gasteiger partial charge is 0.323 e. The van der Waals surface area contributed by atoms with E-state index < -0.39 is 23.5 Å². The van der Waals surface area contributed by atoms with Crippen molar-refractivity contribution in [3.8, 4) is 0 Å². The molecule has 180 valence electrons. The molecule has 0 aliphatic heterocycles. The van der Waals surface area contributed by atoms with Crippen LogP contribution in [0.4, 0.5) is 9.59 Å². The Labute approximate surface area is 184 Å². The monoisotopic (exact) mass is 446 g/mol. The first kappa shape index (κ1) is 25.8. The molecule has 31 heavy (non-hydrogen) atoms. The maximum Gasteiger partial charge on any atom is 0.553 e. The van der Waals surface area contributed by atoms with Gasteiger partial charge in [0.05, 0.1) is 0 Å². The Balaban J connectivity index is 1.74. The van der Waals surface area contributed by atoms with E-state index in [1.165, 1.54) is 0 Å². The second-order valence-electron chi connectivity index (χ2n) is 10.7. The maximum absolute atomic E-state index is 11.7. The number of hydrogen-bond donors (Lipinski definition) is 0. The summed E-state index contributed by atoms with van der Waals surface area (Å²) in [5, 5.41) is 9.34. The minimum atomic E-state index is -1.43. The lowest BCUT2D eigenvalue weighted by Gasteiger charge is -2.44. The van der Waals surface area contributed by atoms with Gasteiger partial charge in [0, 0.05) is 0 Å². The molecule has 0 atom stereocenters. The summed E-state index contributed by atoms with van der Waals surface area (Å²) in [4.78, 5) is 43.2. The van der Waals surface area contributed by atoms with E-state index in [-0.39, 0.29) is 10.8 Å². The fourth-order valence-corrected chi connectivity index (χ4v) is 4.48. The molecule has 9 heteroatoms. The molecule has 9 nitrogen and oxygen atoms in total. The highest BCUT2D eigenvalue weighted by Gasteiger charge is 2.47. The number of hydrogen-bond acceptors (Lipinski definition) is 9. The second kappa shape index (κ2) is 10.5. The zero-order valence-corrected chi connectivity index (χ0v) is 19.7. The highest BCUT2D eigenvalue weighted by Crippen LogP contribution is 2.46. The van der Waals surface area contributed by atoms with Gasteiger partial charge in [-0.1, -0.05) is 80.1 Å². The summed E-state index contributed by atoms with van der Waals surface area (Å²) in [7, 11) is 0. The van der Waals surface area contributed by atoms with Gasteiger partial charge in [-0.25, -0.2) is 9.78 Å². The zero-order valence-electron chi connectivity index (χ0n) is 19.7. The zero-order chi connectivity index (χ0) is 23.2. The minimum Gasteiger partial charge on any atom is -0.323 e. The van der Waals surface area contributed by atoms with Crippen LogP contribution in [0.2, 0.25) is 0 Å². The van der Waals surface area contributed by atoms with Gasteiger partial charge < -0.3 is 4.74 Å². The van der Waals surface area contributed by atoms with E-state index in [1.54, 1.807) is 0 Å². The summed E-state index contributed by atoms with van der Waals surface area (Å²) >= 11 is 0. The summed E-state index contributed by atoms with van der Waals surface area (Å²) in [6.45, 7) is 12.2. The Bertz CT molecular complexity index is 539. The van der Waals surface area contributed by atoms with Crippen LogP contribution in [0, 0.1) is 10.8 Å². The summed E-state index contributed by atoms with van der Waals surface area (Å²) in [6.07, 6.45) is 6.44. The largest absolute Gasteiger partial charge is 0.553 e. The fourth-order valence-electron chi connectivity index (χ4n) is 4.48. The van der Waals surface area contributed by atoms with Gasteiger partial charge in [0.2, 0.25) is 0 Å². The first-order valence-corrected chi connectivity index (χ1v) is 11.2. The van der Waals surface area contributed by atoms with Crippen molar-refractivity contribution in [3.05, 3.63) is 0 Å². The van der Waals surface area contributed by atoms with Crippen molar-refractivity contribution < 1.29 is 44.0 Å². The van der Waals surface area contributed by atoms with Crippen LogP contribution in [-0.4, -0.2) is 23.5 Å². The van der Waals surface area contributed by atoms with Gasteiger partial charge in [0.15, 0.2) is 0 Å². The Hall–Kier alpha value is -1.42. The normalized spacial score (nSPS) is 21.2. The predicted molar refractivity (Wildman–Crippen MR) is 109 cm³/mol. The SMILES string of the molecule is CC(C)(C)C1(OOOC(=O)OC(=O)OOOC2(C(C)(C)C)CCCCC2)CCCCC1. The molecule has 0 spiro atoms. The molecule has 0 bridgehead atoms. The standard InChI is InChI=1S/C22H38O9/c1-19(2,3)21(13-9-7-10-14-21)28-30-26-17(23)25-18(24)27-31-29-22(20(4,5)6)15-11-8-12-16-22/h7-16H2,1-6H3. The molecule has 0 saturated heterocycles. The second-order valence-corrected chi connectivity index (χ2v) is 10.7.